The summed E-state index contributed by atoms with van der Waals surface area (Å²) in [5.74, 6) is 0.182. The molecule has 1 aliphatic rings. The van der Waals surface area contributed by atoms with Crippen molar-refractivity contribution in [2.75, 3.05) is 32.1 Å². The van der Waals surface area contributed by atoms with Crippen molar-refractivity contribution in [3.8, 4) is 0 Å². The fraction of sp³-hybridized carbons (Fsp3) is 0.571. The van der Waals surface area contributed by atoms with Crippen molar-refractivity contribution in [2.45, 2.75) is 51.4 Å². The van der Waals surface area contributed by atoms with Crippen molar-refractivity contribution in [1.82, 2.24) is 4.90 Å². The van der Waals surface area contributed by atoms with Gasteiger partial charge in [-0.15, -0.1) is 6.58 Å². The van der Waals surface area contributed by atoms with Gasteiger partial charge in [0.1, 0.15) is 0 Å². The van der Waals surface area contributed by atoms with Crippen molar-refractivity contribution in [3.63, 3.8) is 0 Å². The van der Waals surface area contributed by atoms with E-state index in [9.17, 15) is 4.79 Å². The van der Waals surface area contributed by atoms with Crippen LogP contribution in [0.4, 0.5) is 5.69 Å². The highest BCUT2D eigenvalue weighted by Gasteiger charge is 2.44. The van der Waals surface area contributed by atoms with Crippen molar-refractivity contribution in [3.05, 3.63) is 42.5 Å². The number of carbonyl (C=O) groups is 1. The molecule has 1 aliphatic heterocycles. The summed E-state index contributed by atoms with van der Waals surface area (Å²) in [5.41, 5.74) is 1.31. The number of Topliss-reactive ketones (excluding diaryl/α,β-unsaturated/α-hetero) is 1. The number of rotatable bonds is 7. The normalized spacial score (nSPS) is 23.7. The molecule has 3 unspecified atom stereocenters. The maximum Gasteiger partial charge on any atom is 0.183 e. The zero-order valence-electron chi connectivity index (χ0n) is 16.3. The lowest BCUT2D eigenvalue weighted by molar-refractivity contribution is -0.0946. The molecule has 1 aromatic carbocycles. The molecule has 0 amide bonds. The minimum atomic E-state index is -0.548. The Morgan fingerprint density at radius 2 is 1.84 bits per heavy atom. The molecule has 1 fully saturated rings. The number of carbonyl (C=O) groups excluding carboxylic acids is 1. The number of hydrogen-bond donors (Lipinski definition) is 0. The van der Waals surface area contributed by atoms with Crippen LogP contribution in [0.25, 0.3) is 0 Å². The van der Waals surface area contributed by atoms with E-state index < -0.39 is 5.54 Å². The Hall–Kier alpha value is -1.65. The summed E-state index contributed by atoms with van der Waals surface area (Å²) >= 11 is 0. The second-order valence-electron chi connectivity index (χ2n) is 7.31. The first-order valence-electron chi connectivity index (χ1n) is 9.17. The quantitative estimate of drug-likeness (QED) is 0.557. The zero-order valence-corrected chi connectivity index (χ0v) is 16.3. The average Bonchev–Trinajstić information content (AvgIpc) is 2.58. The lowest BCUT2D eigenvalue weighted by atomic mass is 9.81. The Balaban J connectivity index is 2.37. The van der Waals surface area contributed by atoms with Crippen LogP contribution in [0.3, 0.4) is 0 Å². The molecule has 0 N–H and O–H groups in total. The molecule has 2 rings (SSSR count). The third-order valence-electron chi connectivity index (χ3n) is 5.16. The first-order valence-corrected chi connectivity index (χ1v) is 9.17. The van der Waals surface area contributed by atoms with Crippen LogP contribution in [0.1, 0.15) is 44.0 Å². The van der Waals surface area contributed by atoms with E-state index in [0.29, 0.717) is 6.42 Å². The van der Waals surface area contributed by atoms with Gasteiger partial charge in [-0.3, -0.25) is 9.69 Å². The molecule has 0 aromatic heterocycles. The highest BCUT2D eigenvalue weighted by Crippen LogP contribution is 2.32. The predicted molar refractivity (Wildman–Crippen MR) is 105 cm³/mol. The Morgan fingerprint density at radius 1 is 1.28 bits per heavy atom. The second-order valence-corrected chi connectivity index (χ2v) is 7.31. The Kier molecular flexibility index (Phi) is 6.42. The Bertz CT molecular complexity index is 586. The SMILES string of the molecule is C=CCC(CC)(C(=O)c1ccc(N(C)C)cc1)N1CC(C)OC(C)C1. The molecule has 1 heterocycles. The van der Waals surface area contributed by atoms with E-state index in [1.807, 2.05) is 49.3 Å². The van der Waals surface area contributed by atoms with Gasteiger partial charge in [0.15, 0.2) is 5.78 Å². The molecular formula is C21H32N2O2. The number of ether oxygens (including phenoxy) is 1. The number of nitrogens with zero attached hydrogens (tertiary/aromatic N) is 2. The largest absolute Gasteiger partial charge is 0.378 e. The van der Waals surface area contributed by atoms with Gasteiger partial charge in [0.2, 0.25) is 0 Å². The standard InChI is InChI=1S/C21H32N2O2/c1-7-13-21(8-2,23-14-16(3)25-17(4)15-23)20(24)18-9-11-19(12-10-18)22(5)6/h7,9-12,16-17H,1,8,13-15H2,2-6H3. The molecule has 0 spiro atoms. The van der Waals surface area contributed by atoms with Crippen LogP contribution in [0.15, 0.2) is 36.9 Å². The molecule has 4 nitrogen and oxygen atoms in total. The van der Waals surface area contributed by atoms with Crippen molar-refractivity contribution in [1.29, 1.82) is 0 Å². The van der Waals surface area contributed by atoms with Gasteiger partial charge < -0.3 is 9.64 Å². The molecule has 1 saturated heterocycles. The van der Waals surface area contributed by atoms with E-state index in [2.05, 4.69) is 32.3 Å². The molecule has 0 radical (unpaired) electrons. The zero-order chi connectivity index (χ0) is 18.6. The average molecular weight is 344 g/mol. The van der Waals surface area contributed by atoms with E-state index in [-0.39, 0.29) is 18.0 Å². The molecule has 1 aromatic rings. The predicted octanol–water partition coefficient (Wildman–Crippen LogP) is 3.77. The van der Waals surface area contributed by atoms with Crippen LogP contribution in [0.5, 0.6) is 0 Å². The first-order chi connectivity index (χ1) is 11.8. The smallest absolute Gasteiger partial charge is 0.183 e. The summed E-state index contributed by atoms with van der Waals surface area (Å²) in [4.78, 5) is 17.9. The van der Waals surface area contributed by atoms with Crippen LogP contribution < -0.4 is 4.90 Å². The fourth-order valence-electron chi connectivity index (χ4n) is 3.84. The monoisotopic (exact) mass is 344 g/mol. The third-order valence-corrected chi connectivity index (χ3v) is 5.16. The second kappa shape index (κ2) is 8.15. The van der Waals surface area contributed by atoms with Crippen molar-refractivity contribution < 1.29 is 9.53 Å². The molecule has 0 bridgehead atoms. The molecule has 3 atom stereocenters. The van der Waals surface area contributed by atoms with Gasteiger partial charge in [0.05, 0.1) is 17.7 Å². The maximum absolute atomic E-state index is 13.5. The molecule has 25 heavy (non-hydrogen) atoms. The number of anilines is 1. The summed E-state index contributed by atoms with van der Waals surface area (Å²) < 4.78 is 5.88. The number of benzene rings is 1. The highest BCUT2D eigenvalue weighted by atomic mass is 16.5. The molecule has 0 aliphatic carbocycles. The van der Waals surface area contributed by atoms with Gasteiger partial charge in [-0.2, -0.15) is 0 Å². The van der Waals surface area contributed by atoms with Crippen molar-refractivity contribution >= 4 is 11.5 Å². The van der Waals surface area contributed by atoms with E-state index in [0.717, 1.165) is 30.8 Å². The maximum atomic E-state index is 13.5. The summed E-state index contributed by atoms with van der Waals surface area (Å²) in [6.45, 7) is 11.7. The number of ketones is 1. The highest BCUT2D eigenvalue weighted by molar-refractivity contribution is 6.03. The van der Waals surface area contributed by atoms with Crippen LogP contribution >= 0.6 is 0 Å². The molecule has 4 heteroatoms. The van der Waals surface area contributed by atoms with Crippen LogP contribution in [0.2, 0.25) is 0 Å². The van der Waals surface area contributed by atoms with Crippen LogP contribution in [-0.2, 0) is 4.74 Å². The molecular weight excluding hydrogens is 312 g/mol. The Labute approximate surface area is 152 Å². The fourth-order valence-corrected chi connectivity index (χ4v) is 3.84. The summed E-state index contributed by atoms with van der Waals surface area (Å²) in [6.07, 6.45) is 3.54. The van der Waals surface area contributed by atoms with E-state index >= 15 is 0 Å². The lowest BCUT2D eigenvalue weighted by Gasteiger charge is -2.47. The van der Waals surface area contributed by atoms with Crippen LogP contribution in [0, 0.1) is 0 Å². The number of hydrogen-bond acceptors (Lipinski definition) is 4. The summed E-state index contributed by atoms with van der Waals surface area (Å²) in [5, 5.41) is 0. The minimum absolute atomic E-state index is 0.128. The van der Waals surface area contributed by atoms with Gasteiger partial charge in [-0.05, 0) is 51.0 Å². The first kappa shape index (κ1) is 19.7. The van der Waals surface area contributed by atoms with Crippen LogP contribution in [-0.4, -0.2) is 55.6 Å². The molecule has 138 valence electrons. The summed E-state index contributed by atoms with van der Waals surface area (Å²) in [7, 11) is 4.00. The van der Waals surface area contributed by atoms with Crippen molar-refractivity contribution in [2.24, 2.45) is 0 Å². The lowest BCUT2D eigenvalue weighted by Crippen LogP contribution is -2.60. The van der Waals surface area contributed by atoms with Gasteiger partial charge in [-0.25, -0.2) is 0 Å². The van der Waals surface area contributed by atoms with Gasteiger partial charge in [0.25, 0.3) is 0 Å². The third kappa shape index (κ3) is 4.13. The topological polar surface area (TPSA) is 32.8 Å². The van der Waals surface area contributed by atoms with Gasteiger partial charge in [0, 0.05) is 38.4 Å². The molecule has 0 saturated carbocycles. The van der Waals surface area contributed by atoms with E-state index in [1.54, 1.807) is 0 Å². The summed E-state index contributed by atoms with van der Waals surface area (Å²) in [6, 6.07) is 7.90. The number of morpholine rings is 1. The van der Waals surface area contributed by atoms with E-state index in [4.69, 9.17) is 4.74 Å². The van der Waals surface area contributed by atoms with E-state index in [1.165, 1.54) is 0 Å². The van der Waals surface area contributed by atoms with Gasteiger partial charge >= 0.3 is 0 Å². The van der Waals surface area contributed by atoms with Gasteiger partial charge in [-0.1, -0.05) is 13.0 Å². The minimum Gasteiger partial charge on any atom is -0.378 e. The Morgan fingerprint density at radius 3 is 2.28 bits per heavy atom.